The molecule has 1 aliphatic carbocycles. The lowest BCUT2D eigenvalue weighted by Gasteiger charge is -2.34. The third-order valence-electron chi connectivity index (χ3n) is 3.39. The second-order valence-electron chi connectivity index (χ2n) is 4.43. The van der Waals surface area contributed by atoms with Crippen LogP contribution in [0.5, 0.6) is 0 Å². The first-order chi connectivity index (χ1) is 7.33. The van der Waals surface area contributed by atoms with Crippen molar-refractivity contribution in [3.63, 3.8) is 0 Å². The number of hydrogen-bond donors (Lipinski definition) is 1. The van der Waals surface area contributed by atoms with Gasteiger partial charge in [0.05, 0.1) is 11.7 Å². The van der Waals surface area contributed by atoms with Crippen LogP contribution in [-0.2, 0) is 0 Å². The Morgan fingerprint density at radius 3 is 2.87 bits per heavy atom. The molecule has 1 unspecified atom stereocenters. The standard InChI is InChI=1S/C13H20N2/c1-3-14-13(11-7-4-8-11)12-10(2)6-5-9-15-12/h5-6,9,11,13-14H,3-4,7-8H2,1-2H3. The minimum Gasteiger partial charge on any atom is -0.309 e. The number of hydrogen-bond acceptors (Lipinski definition) is 2. The topological polar surface area (TPSA) is 24.9 Å². The van der Waals surface area contributed by atoms with Crippen LogP contribution >= 0.6 is 0 Å². The van der Waals surface area contributed by atoms with E-state index in [1.54, 1.807) is 0 Å². The minimum absolute atomic E-state index is 0.477. The van der Waals surface area contributed by atoms with E-state index in [1.165, 1.54) is 30.5 Å². The van der Waals surface area contributed by atoms with Crippen LogP contribution in [0.15, 0.2) is 18.3 Å². The molecule has 2 rings (SSSR count). The molecule has 0 spiro atoms. The van der Waals surface area contributed by atoms with Gasteiger partial charge in [-0.2, -0.15) is 0 Å². The van der Waals surface area contributed by atoms with E-state index in [9.17, 15) is 0 Å². The number of pyridine rings is 1. The smallest absolute Gasteiger partial charge is 0.0605 e. The van der Waals surface area contributed by atoms with Crippen molar-refractivity contribution in [3.05, 3.63) is 29.6 Å². The molecule has 0 radical (unpaired) electrons. The summed E-state index contributed by atoms with van der Waals surface area (Å²) in [5.74, 6) is 0.804. The highest BCUT2D eigenvalue weighted by atomic mass is 14.9. The zero-order valence-corrected chi connectivity index (χ0v) is 9.66. The molecule has 1 aromatic heterocycles. The van der Waals surface area contributed by atoms with Crippen LogP contribution in [0.3, 0.4) is 0 Å². The van der Waals surface area contributed by atoms with Gasteiger partial charge >= 0.3 is 0 Å². The molecular weight excluding hydrogens is 184 g/mol. The van der Waals surface area contributed by atoms with Gasteiger partial charge in [-0.15, -0.1) is 0 Å². The first-order valence-electron chi connectivity index (χ1n) is 5.97. The molecule has 0 bridgehead atoms. The minimum atomic E-state index is 0.477. The van der Waals surface area contributed by atoms with Gasteiger partial charge in [-0.25, -0.2) is 0 Å². The number of nitrogens with one attached hydrogen (secondary N) is 1. The van der Waals surface area contributed by atoms with Crippen molar-refractivity contribution in [2.75, 3.05) is 6.54 Å². The van der Waals surface area contributed by atoms with Crippen molar-refractivity contribution in [2.24, 2.45) is 5.92 Å². The lowest BCUT2D eigenvalue weighted by molar-refractivity contribution is 0.229. The van der Waals surface area contributed by atoms with Gasteiger partial charge in [-0.05, 0) is 43.9 Å². The number of aromatic nitrogens is 1. The van der Waals surface area contributed by atoms with E-state index >= 15 is 0 Å². The second kappa shape index (κ2) is 4.75. The van der Waals surface area contributed by atoms with E-state index in [4.69, 9.17) is 0 Å². The summed E-state index contributed by atoms with van der Waals surface area (Å²) in [5, 5.41) is 3.58. The Balaban J connectivity index is 2.19. The first-order valence-corrected chi connectivity index (χ1v) is 5.97. The maximum Gasteiger partial charge on any atom is 0.0605 e. The summed E-state index contributed by atoms with van der Waals surface area (Å²) in [6.07, 6.45) is 6.01. The SMILES string of the molecule is CCNC(c1ncccc1C)C1CCC1. The largest absolute Gasteiger partial charge is 0.309 e. The third-order valence-corrected chi connectivity index (χ3v) is 3.39. The average Bonchev–Trinajstić information content (AvgIpc) is 2.15. The lowest BCUT2D eigenvalue weighted by atomic mass is 9.77. The Bertz CT molecular complexity index is 318. The number of rotatable bonds is 4. The maximum atomic E-state index is 4.54. The van der Waals surface area contributed by atoms with Gasteiger partial charge in [0.1, 0.15) is 0 Å². The molecule has 15 heavy (non-hydrogen) atoms. The lowest BCUT2D eigenvalue weighted by Crippen LogP contribution is -2.33. The molecule has 2 nitrogen and oxygen atoms in total. The molecule has 1 fully saturated rings. The molecule has 0 amide bonds. The first kappa shape index (κ1) is 10.6. The third kappa shape index (κ3) is 2.20. The monoisotopic (exact) mass is 204 g/mol. The predicted octanol–water partition coefficient (Wildman–Crippen LogP) is 2.84. The predicted molar refractivity (Wildman–Crippen MR) is 62.7 cm³/mol. The fourth-order valence-electron chi connectivity index (χ4n) is 2.30. The summed E-state index contributed by atoms with van der Waals surface area (Å²) in [6.45, 7) is 5.35. The average molecular weight is 204 g/mol. The van der Waals surface area contributed by atoms with Crippen LogP contribution in [-0.4, -0.2) is 11.5 Å². The van der Waals surface area contributed by atoms with Crippen molar-refractivity contribution >= 4 is 0 Å². The molecule has 1 aromatic rings. The van der Waals surface area contributed by atoms with E-state index in [0.29, 0.717) is 6.04 Å². The normalized spacial score (nSPS) is 18.5. The van der Waals surface area contributed by atoms with Crippen molar-refractivity contribution in [1.82, 2.24) is 10.3 Å². The van der Waals surface area contributed by atoms with Gasteiger partial charge in [0.2, 0.25) is 0 Å². The molecule has 2 heteroatoms. The van der Waals surface area contributed by atoms with Crippen LogP contribution in [0.4, 0.5) is 0 Å². The summed E-state index contributed by atoms with van der Waals surface area (Å²) >= 11 is 0. The molecule has 82 valence electrons. The molecule has 0 saturated heterocycles. The zero-order chi connectivity index (χ0) is 10.7. The fourth-order valence-corrected chi connectivity index (χ4v) is 2.30. The van der Waals surface area contributed by atoms with Crippen molar-refractivity contribution in [2.45, 2.75) is 39.2 Å². The Hall–Kier alpha value is -0.890. The van der Waals surface area contributed by atoms with Crippen LogP contribution in [0, 0.1) is 12.8 Å². The Morgan fingerprint density at radius 2 is 2.33 bits per heavy atom. The molecule has 1 N–H and O–H groups in total. The Morgan fingerprint density at radius 1 is 1.53 bits per heavy atom. The van der Waals surface area contributed by atoms with Crippen molar-refractivity contribution in [3.8, 4) is 0 Å². The van der Waals surface area contributed by atoms with Gasteiger partial charge in [-0.3, -0.25) is 4.98 Å². The van der Waals surface area contributed by atoms with Gasteiger partial charge in [-0.1, -0.05) is 19.4 Å². The van der Waals surface area contributed by atoms with Crippen molar-refractivity contribution in [1.29, 1.82) is 0 Å². The summed E-state index contributed by atoms with van der Waals surface area (Å²) < 4.78 is 0. The quantitative estimate of drug-likeness (QED) is 0.815. The van der Waals surface area contributed by atoms with Crippen molar-refractivity contribution < 1.29 is 0 Å². The second-order valence-corrected chi connectivity index (χ2v) is 4.43. The molecule has 1 aliphatic rings. The molecular formula is C13H20N2. The Kier molecular flexibility index (Phi) is 3.37. The number of nitrogens with zero attached hydrogens (tertiary/aromatic N) is 1. The van der Waals surface area contributed by atoms with E-state index in [0.717, 1.165) is 12.5 Å². The highest BCUT2D eigenvalue weighted by Crippen LogP contribution is 2.37. The molecule has 1 saturated carbocycles. The highest BCUT2D eigenvalue weighted by molar-refractivity contribution is 5.22. The van der Waals surface area contributed by atoms with Crippen LogP contribution in [0.25, 0.3) is 0 Å². The van der Waals surface area contributed by atoms with Gasteiger partial charge in [0.25, 0.3) is 0 Å². The summed E-state index contributed by atoms with van der Waals surface area (Å²) in [5.41, 5.74) is 2.57. The van der Waals surface area contributed by atoms with E-state index in [1.807, 2.05) is 12.3 Å². The van der Waals surface area contributed by atoms with Crippen LogP contribution < -0.4 is 5.32 Å². The Labute approximate surface area is 92.1 Å². The summed E-state index contributed by atoms with van der Waals surface area (Å²) in [7, 11) is 0. The fraction of sp³-hybridized carbons (Fsp3) is 0.615. The van der Waals surface area contributed by atoms with Crippen LogP contribution in [0.1, 0.15) is 43.5 Å². The molecule has 0 aromatic carbocycles. The van der Waals surface area contributed by atoms with Gasteiger partial charge in [0, 0.05) is 6.20 Å². The molecule has 0 aliphatic heterocycles. The van der Waals surface area contributed by atoms with Gasteiger partial charge in [0.15, 0.2) is 0 Å². The van der Waals surface area contributed by atoms with Gasteiger partial charge < -0.3 is 5.32 Å². The highest BCUT2D eigenvalue weighted by Gasteiger charge is 2.29. The maximum absolute atomic E-state index is 4.54. The summed E-state index contributed by atoms with van der Waals surface area (Å²) in [4.78, 5) is 4.54. The number of aryl methyl sites for hydroxylation is 1. The van der Waals surface area contributed by atoms with E-state index in [2.05, 4.69) is 30.2 Å². The van der Waals surface area contributed by atoms with E-state index < -0.39 is 0 Å². The molecule has 1 heterocycles. The zero-order valence-electron chi connectivity index (χ0n) is 9.66. The van der Waals surface area contributed by atoms with E-state index in [-0.39, 0.29) is 0 Å². The van der Waals surface area contributed by atoms with Crippen LogP contribution in [0.2, 0.25) is 0 Å². The molecule has 1 atom stereocenters. The summed E-state index contributed by atoms with van der Waals surface area (Å²) in [6, 6.07) is 4.65.